The molecule has 1 aliphatic carbocycles. The average molecular weight is 277 g/mol. The van der Waals surface area contributed by atoms with Crippen LogP contribution < -0.4 is 5.32 Å². The maximum absolute atomic E-state index is 9.18. The van der Waals surface area contributed by atoms with Gasteiger partial charge in [0.05, 0.1) is 12.0 Å². The van der Waals surface area contributed by atoms with Crippen LogP contribution in [0.25, 0.3) is 0 Å². The third-order valence-electron chi connectivity index (χ3n) is 3.95. The molecule has 1 aromatic rings. The zero-order valence-electron chi connectivity index (χ0n) is 11.4. The molecule has 3 heteroatoms. The fraction of sp³-hybridized carbons (Fsp3) is 0.562. The highest BCUT2D eigenvalue weighted by atomic mass is 35.5. The van der Waals surface area contributed by atoms with Crippen LogP contribution in [0.15, 0.2) is 24.3 Å². The van der Waals surface area contributed by atoms with E-state index in [1.807, 2.05) is 12.1 Å². The summed E-state index contributed by atoms with van der Waals surface area (Å²) in [7, 11) is 0. The molecule has 1 fully saturated rings. The van der Waals surface area contributed by atoms with Crippen molar-refractivity contribution in [3.63, 3.8) is 0 Å². The van der Waals surface area contributed by atoms with Gasteiger partial charge in [0, 0.05) is 17.1 Å². The first-order chi connectivity index (χ1) is 9.24. The fourth-order valence-corrected chi connectivity index (χ4v) is 3.03. The van der Waals surface area contributed by atoms with Crippen molar-refractivity contribution in [1.82, 2.24) is 5.32 Å². The summed E-state index contributed by atoms with van der Waals surface area (Å²) in [6, 6.07) is 11.2. The van der Waals surface area contributed by atoms with Crippen LogP contribution in [0.5, 0.6) is 0 Å². The molecule has 102 valence electrons. The summed E-state index contributed by atoms with van der Waals surface area (Å²) in [5.41, 5.74) is 1.27. The Morgan fingerprint density at radius 2 is 2.11 bits per heavy atom. The van der Waals surface area contributed by atoms with Crippen molar-refractivity contribution < 1.29 is 0 Å². The third-order valence-corrected chi connectivity index (χ3v) is 4.20. The normalized spacial score (nSPS) is 24.1. The van der Waals surface area contributed by atoms with Gasteiger partial charge in [0.2, 0.25) is 0 Å². The zero-order chi connectivity index (χ0) is 13.7. The molecule has 1 saturated carbocycles. The average Bonchev–Trinajstić information content (AvgIpc) is 2.86. The second kappa shape index (κ2) is 6.93. The molecule has 0 heterocycles. The number of hydrogen-bond donors (Lipinski definition) is 1. The van der Waals surface area contributed by atoms with E-state index in [4.69, 9.17) is 11.6 Å². The summed E-state index contributed by atoms with van der Waals surface area (Å²) in [5, 5.41) is 13.6. The molecule has 0 aromatic heterocycles. The van der Waals surface area contributed by atoms with Crippen LogP contribution in [0.1, 0.15) is 50.6 Å². The number of nitrogens with one attached hydrogen (secondary N) is 1. The Morgan fingerprint density at radius 3 is 2.74 bits per heavy atom. The van der Waals surface area contributed by atoms with Gasteiger partial charge in [0.1, 0.15) is 0 Å². The topological polar surface area (TPSA) is 35.8 Å². The number of nitriles is 1. The van der Waals surface area contributed by atoms with Crippen molar-refractivity contribution in [2.24, 2.45) is 5.92 Å². The Balaban J connectivity index is 2.07. The Morgan fingerprint density at radius 1 is 1.37 bits per heavy atom. The van der Waals surface area contributed by atoms with Crippen LogP contribution in [-0.4, -0.2) is 6.04 Å². The summed E-state index contributed by atoms with van der Waals surface area (Å²) < 4.78 is 0. The molecule has 19 heavy (non-hydrogen) atoms. The lowest BCUT2D eigenvalue weighted by atomic mass is 9.98. The van der Waals surface area contributed by atoms with Gasteiger partial charge in [-0.1, -0.05) is 43.5 Å². The molecule has 1 aliphatic rings. The predicted molar refractivity (Wildman–Crippen MR) is 79.0 cm³/mol. The van der Waals surface area contributed by atoms with Gasteiger partial charge in [-0.3, -0.25) is 0 Å². The van der Waals surface area contributed by atoms with Crippen LogP contribution in [0.2, 0.25) is 5.02 Å². The van der Waals surface area contributed by atoms with Crippen LogP contribution in [-0.2, 0) is 0 Å². The van der Waals surface area contributed by atoms with E-state index in [0.717, 1.165) is 37.1 Å². The Kier molecular flexibility index (Phi) is 5.24. The maximum Gasteiger partial charge on any atom is 0.0672 e. The van der Waals surface area contributed by atoms with Crippen molar-refractivity contribution in [2.45, 2.75) is 51.1 Å². The smallest absolute Gasteiger partial charge is 0.0672 e. The largest absolute Gasteiger partial charge is 0.306 e. The lowest BCUT2D eigenvalue weighted by Gasteiger charge is -2.25. The molecule has 1 N–H and O–H groups in total. The molecule has 1 aromatic carbocycles. The standard InChI is InChI=1S/C16H21ClN2/c1-2-4-15(12-7-9-14(17)10-8-12)19-16-6-3-5-13(16)11-18/h7-10,13,15-16,19H,2-6H2,1H3. The third kappa shape index (κ3) is 3.72. The molecule has 0 spiro atoms. The first-order valence-corrected chi connectivity index (χ1v) is 7.53. The second-order valence-corrected chi connectivity index (χ2v) is 5.77. The fourth-order valence-electron chi connectivity index (χ4n) is 2.90. The number of halogens is 1. The lowest BCUT2D eigenvalue weighted by Crippen LogP contribution is -2.35. The highest BCUT2D eigenvalue weighted by molar-refractivity contribution is 6.30. The molecule has 3 unspecified atom stereocenters. The van der Waals surface area contributed by atoms with Crippen molar-refractivity contribution in [3.05, 3.63) is 34.9 Å². The van der Waals surface area contributed by atoms with Gasteiger partial charge in [0.25, 0.3) is 0 Å². The van der Waals surface area contributed by atoms with Crippen molar-refractivity contribution in [1.29, 1.82) is 5.26 Å². The molecule has 0 bridgehead atoms. The molecule has 3 atom stereocenters. The minimum Gasteiger partial charge on any atom is -0.306 e. The van der Waals surface area contributed by atoms with Gasteiger partial charge in [-0.05, 0) is 37.0 Å². The molecule has 0 radical (unpaired) electrons. The van der Waals surface area contributed by atoms with Crippen molar-refractivity contribution in [3.8, 4) is 6.07 Å². The molecule has 0 saturated heterocycles. The quantitative estimate of drug-likeness (QED) is 0.862. The van der Waals surface area contributed by atoms with E-state index in [1.54, 1.807) is 0 Å². The Labute approximate surface area is 120 Å². The van der Waals surface area contributed by atoms with Gasteiger partial charge in [-0.2, -0.15) is 5.26 Å². The molecule has 0 aliphatic heterocycles. The molecular weight excluding hydrogens is 256 g/mol. The second-order valence-electron chi connectivity index (χ2n) is 5.33. The molecule has 2 nitrogen and oxygen atoms in total. The van der Waals surface area contributed by atoms with Gasteiger partial charge in [-0.25, -0.2) is 0 Å². The van der Waals surface area contributed by atoms with E-state index in [-0.39, 0.29) is 5.92 Å². The van der Waals surface area contributed by atoms with Gasteiger partial charge < -0.3 is 5.32 Å². The van der Waals surface area contributed by atoms with Gasteiger partial charge >= 0.3 is 0 Å². The monoisotopic (exact) mass is 276 g/mol. The summed E-state index contributed by atoms with van der Waals surface area (Å²) in [5.74, 6) is 0.173. The molecule has 0 amide bonds. The van der Waals surface area contributed by atoms with Crippen LogP contribution in [0, 0.1) is 17.2 Å². The van der Waals surface area contributed by atoms with E-state index in [2.05, 4.69) is 30.4 Å². The van der Waals surface area contributed by atoms with E-state index in [1.165, 1.54) is 5.56 Å². The highest BCUT2D eigenvalue weighted by Gasteiger charge is 2.29. The number of hydrogen-bond acceptors (Lipinski definition) is 2. The van der Waals surface area contributed by atoms with Crippen molar-refractivity contribution >= 4 is 11.6 Å². The SMILES string of the molecule is CCCC(NC1CCCC1C#N)c1ccc(Cl)cc1. The maximum atomic E-state index is 9.18. The summed E-state index contributed by atoms with van der Waals surface area (Å²) in [6.45, 7) is 2.20. The molecular formula is C16H21ClN2. The highest BCUT2D eigenvalue weighted by Crippen LogP contribution is 2.29. The van der Waals surface area contributed by atoms with E-state index >= 15 is 0 Å². The van der Waals surface area contributed by atoms with Crippen LogP contribution in [0.3, 0.4) is 0 Å². The van der Waals surface area contributed by atoms with E-state index in [0.29, 0.717) is 12.1 Å². The number of rotatable bonds is 5. The number of benzene rings is 1. The summed E-state index contributed by atoms with van der Waals surface area (Å²) in [6.07, 6.45) is 5.54. The Bertz CT molecular complexity index is 435. The van der Waals surface area contributed by atoms with Crippen LogP contribution in [0.4, 0.5) is 0 Å². The first-order valence-electron chi connectivity index (χ1n) is 7.15. The minimum absolute atomic E-state index is 0.173. The summed E-state index contributed by atoms with van der Waals surface area (Å²) in [4.78, 5) is 0. The zero-order valence-corrected chi connectivity index (χ0v) is 12.2. The minimum atomic E-state index is 0.173. The van der Waals surface area contributed by atoms with E-state index in [9.17, 15) is 5.26 Å². The molecule has 2 rings (SSSR count). The van der Waals surface area contributed by atoms with Crippen molar-refractivity contribution in [2.75, 3.05) is 0 Å². The first kappa shape index (κ1) is 14.4. The van der Waals surface area contributed by atoms with Gasteiger partial charge in [-0.15, -0.1) is 0 Å². The van der Waals surface area contributed by atoms with Crippen LogP contribution >= 0.6 is 11.6 Å². The van der Waals surface area contributed by atoms with Gasteiger partial charge in [0.15, 0.2) is 0 Å². The predicted octanol–water partition coefficient (Wildman–Crippen LogP) is 4.46. The van der Waals surface area contributed by atoms with E-state index < -0.39 is 0 Å². The lowest BCUT2D eigenvalue weighted by molar-refractivity contribution is 0.384. The number of nitrogens with zero attached hydrogens (tertiary/aromatic N) is 1. The Hall–Kier alpha value is -1.04. The summed E-state index contributed by atoms with van der Waals surface area (Å²) >= 11 is 5.95.